The number of hydrogen-bond acceptors (Lipinski definition) is 4. The fourth-order valence-corrected chi connectivity index (χ4v) is 1.11. The predicted molar refractivity (Wildman–Crippen MR) is 80.5 cm³/mol. The first kappa shape index (κ1) is 17.9. The first-order valence-electron chi connectivity index (χ1n) is 5.67. The number of benzene rings is 2. The second-order valence-corrected chi connectivity index (χ2v) is 3.89. The molecule has 2 N–H and O–H groups in total. The molecule has 20 heavy (non-hydrogen) atoms. The molecule has 0 bridgehead atoms. The van der Waals surface area contributed by atoms with Crippen molar-refractivity contribution in [1.29, 1.82) is 0 Å². The normalized spacial score (nSPS) is 8.60. The summed E-state index contributed by atoms with van der Waals surface area (Å²) in [5, 5.41) is 4.06. The fourth-order valence-electron chi connectivity index (χ4n) is 1.11. The Morgan fingerprint density at radius 1 is 0.750 bits per heavy atom. The average Bonchev–Trinajstić information content (AvgIpc) is 2.49. The van der Waals surface area contributed by atoms with Gasteiger partial charge in [-0.1, -0.05) is 36.4 Å². The van der Waals surface area contributed by atoms with Gasteiger partial charge in [0.25, 0.3) is 0 Å². The van der Waals surface area contributed by atoms with E-state index in [4.69, 9.17) is 17.9 Å². The molecule has 0 heterocycles. The molecular weight excluding hydrogens is 278 g/mol. The molecule has 2 aromatic rings. The van der Waals surface area contributed by atoms with Crippen molar-refractivity contribution < 1.29 is 17.9 Å². The van der Waals surface area contributed by atoms with Gasteiger partial charge in [-0.15, -0.1) is 0 Å². The smallest absolute Gasteiger partial charge is 0.198 e. The zero-order chi connectivity index (χ0) is 15.2. The molecule has 0 fully saturated rings. The van der Waals surface area contributed by atoms with Gasteiger partial charge in [0.1, 0.15) is 11.5 Å². The van der Waals surface area contributed by atoms with Gasteiger partial charge in [-0.3, -0.25) is 0 Å². The van der Waals surface area contributed by atoms with E-state index in [9.17, 15) is 0 Å². The lowest BCUT2D eigenvalue weighted by Gasteiger charge is -1.93. The standard InChI is InChI=1S/2C7H8O.H3NO2S/c2*1-8-7-5-3-2-4-6-7;1-4(2)3/h2*2-6H,1H3;4H,(H2,1,2,3). The largest absolute Gasteiger partial charge is 0.497 e. The van der Waals surface area contributed by atoms with Crippen molar-refractivity contribution in [2.75, 3.05) is 14.2 Å². The summed E-state index contributed by atoms with van der Waals surface area (Å²) in [6, 6.07) is 19.4. The van der Waals surface area contributed by atoms with Crippen molar-refractivity contribution in [3.63, 3.8) is 0 Å². The maximum atomic E-state index is 8.81. The van der Waals surface area contributed by atoms with Crippen LogP contribution in [0.25, 0.3) is 0 Å². The maximum absolute atomic E-state index is 8.81. The molecule has 0 radical (unpaired) electrons. The maximum Gasteiger partial charge on any atom is 0.198 e. The van der Waals surface area contributed by atoms with Gasteiger partial charge in [-0.25, -0.2) is 13.6 Å². The molecule has 110 valence electrons. The number of nitrogens with two attached hydrogens (primary N) is 1. The van der Waals surface area contributed by atoms with Gasteiger partial charge in [0.05, 0.1) is 14.2 Å². The molecule has 0 aliphatic rings. The monoisotopic (exact) mass is 297 g/mol. The highest BCUT2D eigenvalue weighted by molar-refractivity contribution is 7.69. The number of hydrogen-bond donors (Lipinski definition) is 2. The molecule has 0 amide bonds. The Morgan fingerprint density at radius 2 is 1.00 bits per heavy atom. The van der Waals surface area contributed by atoms with Gasteiger partial charge in [-0.05, 0) is 24.3 Å². The van der Waals surface area contributed by atoms with E-state index in [1.807, 2.05) is 60.7 Å². The van der Waals surface area contributed by atoms with E-state index in [1.165, 1.54) is 0 Å². The number of ether oxygens (including phenoxy) is 2. The summed E-state index contributed by atoms with van der Waals surface area (Å²) in [7, 11) is 0.704. The van der Waals surface area contributed by atoms with E-state index < -0.39 is 10.9 Å². The lowest BCUT2D eigenvalue weighted by atomic mass is 10.3. The number of thiol groups is 1. The van der Waals surface area contributed by atoms with Crippen LogP contribution in [0.15, 0.2) is 60.7 Å². The summed E-state index contributed by atoms with van der Waals surface area (Å²) in [5.74, 6) is 1.82. The molecular formula is C14H19NO4S. The minimum atomic E-state index is -2.62. The van der Waals surface area contributed by atoms with Crippen LogP contribution >= 0.6 is 0 Å². The summed E-state index contributed by atoms with van der Waals surface area (Å²) >= 11 is 0. The third kappa shape index (κ3) is 11.1. The second-order valence-electron chi connectivity index (χ2n) is 3.32. The molecule has 2 aromatic carbocycles. The van der Waals surface area contributed by atoms with Crippen LogP contribution in [-0.2, 0) is 10.9 Å². The summed E-state index contributed by atoms with van der Waals surface area (Å²) in [4.78, 5) is 0. The first-order chi connectivity index (χ1) is 9.60. The molecule has 6 heteroatoms. The van der Waals surface area contributed by atoms with Crippen LogP contribution in [0, 0.1) is 0 Å². The Hall–Kier alpha value is -2.05. The molecule has 5 nitrogen and oxygen atoms in total. The van der Waals surface area contributed by atoms with Gasteiger partial charge >= 0.3 is 0 Å². The minimum absolute atomic E-state index is 0.910. The Balaban J connectivity index is 0.000000289. The average molecular weight is 297 g/mol. The Morgan fingerprint density at radius 3 is 1.15 bits per heavy atom. The van der Waals surface area contributed by atoms with Crippen LogP contribution in [-0.4, -0.2) is 22.6 Å². The Bertz CT molecular complexity index is 468. The third-order valence-electron chi connectivity index (χ3n) is 1.96. The van der Waals surface area contributed by atoms with E-state index in [0.29, 0.717) is 0 Å². The van der Waals surface area contributed by atoms with Crippen molar-refractivity contribution in [3.05, 3.63) is 60.7 Å². The molecule has 0 aromatic heterocycles. The Labute approximate surface area is 121 Å². The molecule has 0 aliphatic heterocycles. The van der Waals surface area contributed by atoms with Crippen LogP contribution < -0.4 is 14.6 Å². The predicted octanol–water partition coefficient (Wildman–Crippen LogP) is 1.86. The van der Waals surface area contributed by atoms with Crippen LogP contribution in [0.3, 0.4) is 0 Å². The van der Waals surface area contributed by atoms with E-state index in [1.54, 1.807) is 14.2 Å². The molecule has 2 rings (SSSR count). The molecule has 0 saturated heterocycles. The molecule has 0 saturated carbocycles. The number of para-hydroxylation sites is 2. The molecule has 0 aliphatic carbocycles. The number of methoxy groups -OCH3 is 2. The Kier molecular flexibility index (Phi) is 10.8. The summed E-state index contributed by atoms with van der Waals surface area (Å²) in [5.41, 5.74) is 0. The second kappa shape index (κ2) is 12.0. The summed E-state index contributed by atoms with van der Waals surface area (Å²) in [6.07, 6.45) is 0. The minimum Gasteiger partial charge on any atom is -0.497 e. The van der Waals surface area contributed by atoms with Crippen molar-refractivity contribution in [2.45, 2.75) is 0 Å². The molecule has 0 unspecified atom stereocenters. The topological polar surface area (TPSA) is 78.6 Å². The number of rotatable bonds is 2. The first-order valence-corrected chi connectivity index (χ1v) is 6.92. The van der Waals surface area contributed by atoms with Crippen LogP contribution in [0.5, 0.6) is 11.5 Å². The van der Waals surface area contributed by atoms with Crippen LogP contribution in [0.1, 0.15) is 0 Å². The summed E-state index contributed by atoms with van der Waals surface area (Å²) in [6.45, 7) is 0. The SMILES string of the molecule is COc1ccccc1.COc1ccccc1.N[SH](=O)=O. The van der Waals surface area contributed by atoms with Gasteiger partial charge in [-0.2, -0.15) is 0 Å². The van der Waals surface area contributed by atoms with Crippen molar-refractivity contribution in [3.8, 4) is 11.5 Å². The highest BCUT2D eigenvalue weighted by Crippen LogP contribution is 2.06. The third-order valence-corrected chi connectivity index (χ3v) is 1.96. The van der Waals surface area contributed by atoms with E-state index in [2.05, 4.69) is 5.14 Å². The highest BCUT2D eigenvalue weighted by Gasteiger charge is 1.80. The molecule has 0 atom stereocenters. The van der Waals surface area contributed by atoms with Gasteiger partial charge in [0.15, 0.2) is 10.9 Å². The van der Waals surface area contributed by atoms with Crippen molar-refractivity contribution in [1.82, 2.24) is 0 Å². The fraction of sp³-hybridized carbons (Fsp3) is 0.143. The van der Waals surface area contributed by atoms with E-state index >= 15 is 0 Å². The quantitative estimate of drug-likeness (QED) is 0.829. The summed E-state index contributed by atoms with van der Waals surface area (Å²) < 4.78 is 27.5. The molecule has 0 spiro atoms. The zero-order valence-corrected chi connectivity index (χ0v) is 12.3. The van der Waals surface area contributed by atoms with Crippen molar-refractivity contribution in [2.24, 2.45) is 5.14 Å². The lowest BCUT2D eigenvalue weighted by molar-refractivity contribution is 0.414. The van der Waals surface area contributed by atoms with Gasteiger partial charge < -0.3 is 9.47 Å². The van der Waals surface area contributed by atoms with Gasteiger partial charge in [0, 0.05) is 0 Å². The van der Waals surface area contributed by atoms with Gasteiger partial charge in [0.2, 0.25) is 0 Å². The van der Waals surface area contributed by atoms with Crippen LogP contribution in [0.4, 0.5) is 0 Å². The van der Waals surface area contributed by atoms with E-state index in [-0.39, 0.29) is 0 Å². The highest BCUT2D eigenvalue weighted by atomic mass is 32.2. The van der Waals surface area contributed by atoms with Crippen LogP contribution in [0.2, 0.25) is 0 Å². The van der Waals surface area contributed by atoms with Crippen molar-refractivity contribution >= 4 is 10.9 Å². The lowest BCUT2D eigenvalue weighted by Crippen LogP contribution is -1.85. The zero-order valence-electron chi connectivity index (χ0n) is 11.4. The van der Waals surface area contributed by atoms with E-state index in [0.717, 1.165) is 11.5 Å².